The zero-order valence-corrected chi connectivity index (χ0v) is 16.0. The second-order valence-corrected chi connectivity index (χ2v) is 8.17. The Kier molecular flexibility index (Phi) is 4.13. The minimum Gasteiger partial charge on any atom is -0.440 e. The zero-order chi connectivity index (χ0) is 18.4. The Bertz CT molecular complexity index is 915. The maximum atomic E-state index is 6.35. The molecule has 3 heterocycles. The third-order valence-electron chi connectivity index (χ3n) is 6.64. The van der Waals surface area contributed by atoms with E-state index >= 15 is 0 Å². The van der Waals surface area contributed by atoms with Gasteiger partial charge in [0.05, 0.1) is 12.1 Å². The molecule has 4 atom stereocenters. The lowest BCUT2D eigenvalue weighted by atomic mass is 9.76. The van der Waals surface area contributed by atoms with Crippen LogP contribution in [0.4, 0.5) is 0 Å². The summed E-state index contributed by atoms with van der Waals surface area (Å²) in [5.41, 5.74) is 3.83. The minimum atomic E-state index is 0.314. The third kappa shape index (κ3) is 2.90. The van der Waals surface area contributed by atoms with Gasteiger partial charge in [-0.1, -0.05) is 60.2 Å². The number of fused-ring (bicyclic) bond motifs is 2. The van der Waals surface area contributed by atoms with Crippen LogP contribution in [0.5, 0.6) is 0 Å². The Morgan fingerprint density at radius 2 is 1.78 bits per heavy atom. The molecule has 3 heteroatoms. The van der Waals surface area contributed by atoms with Gasteiger partial charge in [0.1, 0.15) is 0 Å². The quantitative estimate of drug-likeness (QED) is 0.629. The summed E-state index contributed by atoms with van der Waals surface area (Å²) in [6.07, 6.45) is 5.60. The van der Waals surface area contributed by atoms with Crippen LogP contribution in [0.1, 0.15) is 48.1 Å². The fourth-order valence-corrected chi connectivity index (χ4v) is 5.14. The fourth-order valence-electron chi connectivity index (χ4n) is 5.14. The predicted molar refractivity (Wildman–Crippen MR) is 108 cm³/mol. The van der Waals surface area contributed by atoms with Gasteiger partial charge >= 0.3 is 0 Å². The number of hydrogen-bond donors (Lipinski definition) is 0. The summed E-state index contributed by atoms with van der Waals surface area (Å²) in [5, 5.41) is 0. The van der Waals surface area contributed by atoms with Crippen molar-refractivity contribution in [3.05, 3.63) is 77.8 Å². The van der Waals surface area contributed by atoms with E-state index in [0.29, 0.717) is 23.9 Å². The molecule has 0 unspecified atom stereocenters. The monoisotopic (exact) mass is 358 g/mol. The predicted octanol–water partition coefficient (Wildman–Crippen LogP) is 5.38. The van der Waals surface area contributed by atoms with Crippen LogP contribution in [0, 0.1) is 6.92 Å². The number of oxazole rings is 1. The lowest BCUT2D eigenvalue weighted by molar-refractivity contribution is 0.124. The standard InChI is InChI=1S/C24H26N2O/c1-16-8-10-17(11-9-16)20-14-19-12-13-21(26(19)2)23(20)24-25-15-22(27-24)18-6-4-3-5-7-18/h3-11,15,19-21,23H,12-14H2,1-2H3/t19-,20+,21+,23-/m0/s1. The van der Waals surface area contributed by atoms with E-state index in [1.807, 2.05) is 24.4 Å². The molecule has 0 N–H and O–H groups in total. The average molecular weight is 358 g/mol. The van der Waals surface area contributed by atoms with Crippen molar-refractivity contribution in [2.24, 2.45) is 0 Å². The summed E-state index contributed by atoms with van der Waals surface area (Å²) >= 11 is 0. The second kappa shape index (κ2) is 6.65. The zero-order valence-electron chi connectivity index (χ0n) is 16.0. The second-order valence-electron chi connectivity index (χ2n) is 8.17. The number of aromatic nitrogens is 1. The van der Waals surface area contributed by atoms with E-state index in [4.69, 9.17) is 9.40 Å². The highest BCUT2D eigenvalue weighted by Crippen LogP contribution is 2.50. The highest BCUT2D eigenvalue weighted by atomic mass is 16.4. The van der Waals surface area contributed by atoms with E-state index in [0.717, 1.165) is 17.2 Å². The smallest absolute Gasteiger partial charge is 0.200 e. The molecule has 5 rings (SSSR count). The Morgan fingerprint density at radius 3 is 2.56 bits per heavy atom. The number of aryl methyl sites for hydroxylation is 1. The van der Waals surface area contributed by atoms with Crippen LogP contribution in [0.25, 0.3) is 11.3 Å². The van der Waals surface area contributed by atoms with Crippen LogP contribution in [0.15, 0.2) is 65.2 Å². The van der Waals surface area contributed by atoms with Gasteiger partial charge in [-0.3, -0.25) is 4.90 Å². The summed E-state index contributed by atoms with van der Waals surface area (Å²) in [5.74, 6) is 2.56. The fraction of sp³-hybridized carbons (Fsp3) is 0.375. The first-order valence-electron chi connectivity index (χ1n) is 10.0. The SMILES string of the molecule is Cc1ccc([C@H]2C[C@@H]3CC[C@H]([C@H]2c2ncc(-c4ccccc4)o2)N3C)cc1. The van der Waals surface area contributed by atoms with Crippen molar-refractivity contribution in [3.8, 4) is 11.3 Å². The Balaban J connectivity index is 1.54. The maximum absolute atomic E-state index is 6.35. The van der Waals surface area contributed by atoms with Crippen LogP contribution in [0.3, 0.4) is 0 Å². The van der Waals surface area contributed by atoms with E-state index in [1.54, 1.807) is 0 Å². The van der Waals surface area contributed by atoms with Gasteiger partial charge in [-0.05, 0) is 44.7 Å². The number of nitrogens with zero attached hydrogens (tertiary/aromatic N) is 2. The van der Waals surface area contributed by atoms with Crippen molar-refractivity contribution in [3.63, 3.8) is 0 Å². The molecule has 0 spiro atoms. The molecule has 2 saturated heterocycles. The van der Waals surface area contributed by atoms with Crippen molar-refractivity contribution < 1.29 is 4.42 Å². The van der Waals surface area contributed by atoms with Gasteiger partial charge in [-0.15, -0.1) is 0 Å². The van der Waals surface area contributed by atoms with Crippen molar-refractivity contribution in [2.75, 3.05) is 7.05 Å². The largest absolute Gasteiger partial charge is 0.440 e. The van der Waals surface area contributed by atoms with Crippen molar-refractivity contribution in [2.45, 2.75) is 50.1 Å². The molecule has 0 radical (unpaired) electrons. The molecule has 0 aliphatic carbocycles. The normalized spacial score (nSPS) is 27.8. The molecule has 0 saturated carbocycles. The molecule has 3 nitrogen and oxygen atoms in total. The lowest BCUT2D eigenvalue weighted by Crippen LogP contribution is -2.44. The molecule has 1 aromatic heterocycles. The van der Waals surface area contributed by atoms with E-state index in [1.165, 1.54) is 30.4 Å². The van der Waals surface area contributed by atoms with Crippen molar-refractivity contribution >= 4 is 0 Å². The number of piperidine rings is 1. The molecule has 2 bridgehead atoms. The van der Waals surface area contributed by atoms with Crippen LogP contribution < -0.4 is 0 Å². The molecule has 2 aromatic carbocycles. The third-order valence-corrected chi connectivity index (χ3v) is 6.64. The van der Waals surface area contributed by atoms with Gasteiger partial charge in [0.2, 0.25) is 0 Å². The molecule has 27 heavy (non-hydrogen) atoms. The Hall–Kier alpha value is -2.39. The lowest BCUT2D eigenvalue weighted by Gasteiger charge is -2.42. The van der Waals surface area contributed by atoms with E-state index < -0.39 is 0 Å². The summed E-state index contributed by atoms with van der Waals surface area (Å²) in [4.78, 5) is 7.34. The first-order valence-corrected chi connectivity index (χ1v) is 10.0. The van der Waals surface area contributed by atoms with Gasteiger partial charge in [-0.25, -0.2) is 4.98 Å². The van der Waals surface area contributed by atoms with Crippen LogP contribution in [0.2, 0.25) is 0 Å². The topological polar surface area (TPSA) is 29.3 Å². The Morgan fingerprint density at radius 1 is 1.00 bits per heavy atom. The summed E-state index contributed by atoms with van der Waals surface area (Å²) < 4.78 is 6.35. The number of benzene rings is 2. The molecular weight excluding hydrogens is 332 g/mol. The summed E-state index contributed by atoms with van der Waals surface area (Å²) in [6, 6.07) is 20.6. The Labute approximate surface area is 161 Å². The minimum absolute atomic E-state index is 0.314. The highest BCUT2D eigenvalue weighted by molar-refractivity contribution is 5.56. The summed E-state index contributed by atoms with van der Waals surface area (Å²) in [6.45, 7) is 2.15. The van der Waals surface area contributed by atoms with Gasteiger partial charge in [-0.2, -0.15) is 0 Å². The van der Waals surface area contributed by atoms with Gasteiger partial charge in [0.25, 0.3) is 0 Å². The van der Waals surface area contributed by atoms with Crippen LogP contribution >= 0.6 is 0 Å². The van der Waals surface area contributed by atoms with Gasteiger partial charge in [0.15, 0.2) is 11.7 Å². The first kappa shape index (κ1) is 16.8. The molecule has 138 valence electrons. The molecular formula is C24H26N2O. The number of likely N-dealkylation sites (N-methyl/N-ethyl adjacent to an activating group) is 1. The molecule has 2 aliphatic heterocycles. The first-order chi connectivity index (χ1) is 13.2. The van der Waals surface area contributed by atoms with E-state index in [9.17, 15) is 0 Å². The van der Waals surface area contributed by atoms with Gasteiger partial charge < -0.3 is 4.42 Å². The number of hydrogen-bond acceptors (Lipinski definition) is 3. The summed E-state index contributed by atoms with van der Waals surface area (Å²) in [7, 11) is 2.28. The van der Waals surface area contributed by atoms with Crippen LogP contribution in [-0.4, -0.2) is 29.0 Å². The maximum Gasteiger partial charge on any atom is 0.200 e. The number of rotatable bonds is 3. The van der Waals surface area contributed by atoms with Gasteiger partial charge in [0, 0.05) is 17.6 Å². The van der Waals surface area contributed by atoms with Crippen molar-refractivity contribution in [1.82, 2.24) is 9.88 Å². The average Bonchev–Trinajstić information content (AvgIpc) is 3.26. The molecule has 2 fully saturated rings. The van der Waals surface area contributed by atoms with E-state index in [-0.39, 0.29) is 0 Å². The van der Waals surface area contributed by atoms with Crippen LogP contribution in [-0.2, 0) is 0 Å². The molecule has 2 aliphatic rings. The molecule has 0 amide bonds. The highest BCUT2D eigenvalue weighted by Gasteiger charge is 2.48. The van der Waals surface area contributed by atoms with E-state index in [2.05, 4.69) is 55.3 Å². The molecule has 3 aromatic rings. The van der Waals surface area contributed by atoms with Crippen molar-refractivity contribution in [1.29, 1.82) is 0 Å².